The molecular weight excluding hydrogens is 389 g/mol. The highest BCUT2D eigenvalue weighted by Gasteiger charge is 2.16. The van der Waals surface area contributed by atoms with Gasteiger partial charge in [0.05, 0.1) is 17.8 Å². The van der Waals surface area contributed by atoms with E-state index in [0.717, 1.165) is 0 Å². The third-order valence-electron chi connectivity index (χ3n) is 3.77. The summed E-state index contributed by atoms with van der Waals surface area (Å²) in [5, 5.41) is 7.97. The summed E-state index contributed by atoms with van der Waals surface area (Å²) in [6, 6.07) is 12.5. The highest BCUT2D eigenvalue weighted by molar-refractivity contribution is 6.00. The Labute approximate surface area is 175 Å². The Morgan fingerprint density at radius 1 is 0.900 bits per heavy atom. The van der Waals surface area contributed by atoms with Crippen LogP contribution in [0.4, 0.5) is 20.6 Å². The molecule has 0 heterocycles. The van der Waals surface area contributed by atoms with Gasteiger partial charge in [-0.15, -0.1) is 0 Å². The molecule has 30 heavy (non-hydrogen) atoms. The van der Waals surface area contributed by atoms with Crippen LogP contribution in [0.3, 0.4) is 0 Å². The lowest BCUT2D eigenvalue weighted by atomic mass is 10.1. The number of carbonyl (C=O) groups is 3. The predicted octanol–water partition coefficient (Wildman–Crippen LogP) is 3.86. The summed E-state index contributed by atoms with van der Waals surface area (Å²) in [5.74, 6) is -0.991. The Morgan fingerprint density at radius 3 is 2.03 bits per heavy atom. The van der Waals surface area contributed by atoms with Crippen molar-refractivity contribution in [3.8, 4) is 0 Å². The maximum absolute atomic E-state index is 13.0. The summed E-state index contributed by atoms with van der Waals surface area (Å²) >= 11 is 0. The van der Waals surface area contributed by atoms with E-state index < -0.39 is 11.7 Å². The van der Waals surface area contributed by atoms with E-state index in [1.807, 2.05) is 0 Å². The first kappa shape index (κ1) is 22.9. The zero-order chi connectivity index (χ0) is 22.1. The van der Waals surface area contributed by atoms with Crippen LogP contribution < -0.4 is 16.0 Å². The maximum atomic E-state index is 13.0. The monoisotopic (exact) mass is 415 g/mol. The van der Waals surface area contributed by atoms with Gasteiger partial charge in [-0.1, -0.05) is 24.3 Å². The van der Waals surface area contributed by atoms with Gasteiger partial charge in [0.25, 0.3) is 0 Å². The molecule has 2 rings (SSSR count). The number of halogens is 1. The summed E-state index contributed by atoms with van der Waals surface area (Å²) in [5.41, 5.74) is 0.936. The van der Waals surface area contributed by atoms with Gasteiger partial charge >= 0.3 is 6.09 Å². The zero-order valence-electron chi connectivity index (χ0n) is 17.3. The molecule has 160 valence electrons. The number of hydrogen-bond acceptors (Lipinski definition) is 4. The minimum Gasteiger partial charge on any atom is -0.444 e. The Bertz CT molecular complexity index is 892. The molecule has 3 amide bonds. The molecule has 8 heteroatoms. The van der Waals surface area contributed by atoms with E-state index in [-0.39, 0.29) is 37.0 Å². The number of rotatable bonds is 7. The van der Waals surface area contributed by atoms with Gasteiger partial charge in [-0.3, -0.25) is 9.59 Å². The average molecular weight is 415 g/mol. The van der Waals surface area contributed by atoms with Crippen molar-refractivity contribution in [3.05, 3.63) is 59.9 Å². The van der Waals surface area contributed by atoms with Crippen molar-refractivity contribution in [2.45, 2.75) is 39.2 Å². The lowest BCUT2D eigenvalue weighted by molar-refractivity contribution is -0.116. The van der Waals surface area contributed by atoms with Crippen molar-refractivity contribution in [2.24, 2.45) is 0 Å². The molecule has 0 aliphatic carbocycles. The van der Waals surface area contributed by atoms with Gasteiger partial charge in [-0.05, 0) is 50.6 Å². The molecule has 0 spiro atoms. The summed E-state index contributed by atoms with van der Waals surface area (Å²) in [6.07, 6.45) is -0.483. The minimum atomic E-state index is -0.614. The molecule has 0 fully saturated rings. The van der Waals surface area contributed by atoms with E-state index in [9.17, 15) is 18.8 Å². The second-order valence-electron chi connectivity index (χ2n) is 7.62. The van der Waals surface area contributed by atoms with Crippen LogP contribution >= 0.6 is 0 Å². The highest BCUT2D eigenvalue weighted by Crippen LogP contribution is 2.21. The number of nitrogens with one attached hydrogen (secondary N) is 3. The first-order valence-electron chi connectivity index (χ1n) is 9.52. The van der Waals surface area contributed by atoms with E-state index in [0.29, 0.717) is 16.9 Å². The molecule has 0 atom stereocenters. The quantitative estimate of drug-likeness (QED) is 0.640. The molecule has 0 aromatic heterocycles. The third kappa shape index (κ3) is 8.30. The number of anilines is 2. The first-order chi connectivity index (χ1) is 14.1. The summed E-state index contributed by atoms with van der Waals surface area (Å²) < 4.78 is 18.1. The lowest BCUT2D eigenvalue weighted by Crippen LogP contribution is -2.34. The number of amides is 3. The summed E-state index contributed by atoms with van der Waals surface area (Å²) in [4.78, 5) is 36.1. The normalized spacial score (nSPS) is 10.8. The van der Waals surface area contributed by atoms with Gasteiger partial charge in [0.15, 0.2) is 0 Å². The summed E-state index contributed by atoms with van der Waals surface area (Å²) in [7, 11) is 0. The van der Waals surface area contributed by atoms with Crippen molar-refractivity contribution in [3.63, 3.8) is 0 Å². The average Bonchev–Trinajstić information content (AvgIpc) is 2.64. The van der Waals surface area contributed by atoms with E-state index >= 15 is 0 Å². The van der Waals surface area contributed by atoms with Crippen molar-refractivity contribution < 1.29 is 23.5 Å². The summed E-state index contributed by atoms with van der Waals surface area (Å²) in [6.45, 7) is 5.36. The molecule has 0 unspecified atom stereocenters. The molecule has 2 aromatic rings. The number of alkyl carbamates (subject to hydrolysis) is 1. The third-order valence-corrected chi connectivity index (χ3v) is 3.77. The van der Waals surface area contributed by atoms with E-state index in [4.69, 9.17) is 4.74 Å². The van der Waals surface area contributed by atoms with Crippen molar-refractivity contribution in [1.29, 1.82) is 0 Å². The maximum Gasteiger partial charge on any atom is 0.407 e. The van der Waals surface area contributed by atoms with Crippen molar-refractivity contribution in [1.82, 2.24) is 5.32 Å². The smallest absolute Gasteiger partial charge is 0.407 e. The standard InChI is InChI=1S/C22H26FN3O4/c1-22(2,3)30-21(29)24-13-12-19(27)25-17-6-4-5-7-18(17)26-20(28)14-15-8-10-16(23)11-9-15/h4-11H,12-14H2,1-3H3,(H,24,29)(H,25,27)(H,26,28). The fourth-order valence-electron chi connectivity index (χ4n) is 2.49. The fraction of sp³-hybridized carbons (Fsp3) is 0.318. The van der Waals surface area contributed by atoms with Gasteiger partial charge < -0.3 is 20.7 Å². The van der Waals surface area contributed by atoms with E-state index in [1.54, 1.807) is 57.2 Å². The Kier molecular flexibility index (Phi) is 7.91. The molecule has 0 aliphatic heterocycles. The lowest BCUT2D eigenvalue weighted by Gasteiger charge is -2.19. The number of benzene rings is 2. The zero-order valence-corrected chi connectivity index (χ0v) is 17.3. The predicted molar refractivity (Wildman–Crippen MR) is 113 cm³/mol. The Morgan fingerprint density at radius 2 is 1.47 bits per heavy atom. The Hall–Kier alpha value is -3.42. The van der Waals surface area contributed by atoms with Gasteiger partial charge in [-0.25, -0.2) is 9.18 Å². The molecule has 0 bridgehead atoms. The van der Waals surface area contributed by atoms with Crippen LogP contribution in [0.25, 0.3) is 0 Å². The van der Waals surface area contributed by atoms with E-state index in [1.165, 1.54) is 12.1 Å². The minimum absolute atomic E-state index is 0.0388. The van der Waals surface area contributed by atoms with E-state index in [2.05, 4.69) is 16.0 Å². The van der Waals surface area contributed by atoms with Gasteiger partial charge in [0.1, 0.15) is 11.4 Å². The molecule has 3 N–H and O–H groups in total. The number of para-hydroxylation sites is 2. The van der Waals surface area contributed by atoms with Crippen LogP contribution in [0.1, 0.15) is 32.8 Å². The molecule has 0 aliphatic rings. The Balaban J connectivity index is 1.86. The van der Waals surface area contributed by atoms with Gasteiger partial charge in [-0.2, -0.15) is 0 Å². The molecule has 0 saturated carbocycles. The molecular formula is C22H26FN3O4. The number of ether oxygens (including phenoxy) is 1. The van der Waals surface area contributed by atoms with Crippen LogP contribution in [0, 0.1) is 5.82 Å². The topological polar surface area (TPSA) is 96.5 Å². The first-order valence-corrected chi connectivity index (χ1v) is 9.52. The molecule has 2 aromatic carbocycles. The van der Waals surface area contributed by atoms with Crippen molar-refractivity contribution >= 4 is 29.3 Å². The molecule has 0 radical (unpaired) electrons. The largest absolute Gasteiger partial charge is 0.444 e. The van der Waals surface area contributed by atoms with Crippen LogP contribution in [0.15, 0.2) is 48.5 Å². The van der Waals surface area contributed by atoms with Crippen molar-refractivity contribution in [2.75, 3.05) is 17.2 Å². The SMILES string of the molecule is CC(C)(C)OC(=O)NCCC(=O)Nc1ccccc1NC(=O)Cc1ccc(F)cc1. The second kappa shape index (κ2) is 10.4. The van der Waals surface area contributed by atoms with Crippen LogP contribution in [0.5, 0.6) is 0 Å². The highest BCUT2D eigenvalue weighted by atomic mass is 19.1. The van der Waals surface area contributed by atoms with Crippen LogP contribution in [0.2, 0.25) is 0 Å². The van der Waals surface area contributed by atoms with Gasteiger partial charge in [0.2, 0.25) is 11.8 Å². The van der Waals surface area contributed by atoms with Crippen LogP contribution in [-0.2, 0) is 20.7 Å². The second-order valence-corrected chi connectivity index (χ2v) is 7.62. The van der Waals surface area contributed by atoms with Gasteiger partial charge in [0, 0.05) is 13.0 Å². The number of carbonyl (C=O) groups excluding carboxylic acids is 3. The fourth-order valence-corrected chi connectivity index (χ4v) is 2.49. The molecule has 0 saturated heterocycles. The van der Waals surface area contributed by atoms with Crippen LogP contribution in [-0.4, -0.2) is 30.1 Å². The number of hydrogen-bond donors (Lipinski definition) is 3. The molecule has 7 nitrogen and oxygen atoms in total.